The van der Waals surface area contributed by atoms with Crippen LogP contribution in [0.1, 0.15) is 54.8 Å². The fourth-order valence-corrected chi connectivity index (χ4v) is 3.54. The quantitative estimate of drug-likeness (QED) is 0.881. The third kappa shape index (κ3) is 2.56. The normalized spacial score (nSPS) is 29.2. The lowest BCUT2D eigenvalue weighted by Crippen LogP contribution is -2.41. The van der Waals surface area contributed by atoms with Crippen molar-refractivity contribution in [3.63, 3.8) is 0 Å². The average Bonchev–Trinajstić information content (AvgIpc) is 3.20. The van der Waals surface area contributed by atoms with Gasteiger partial charge in [-0.15, -0.1) is 0 Å². The molecule has 1 aliphatic heterocycles. The second kappa shape index (κ2) is 5.26. The van der Waals surface area contributed by atoms with Crippen molar-refractivity contribution in [3.05, 3.63) is 34.9 Å². The summed E-state index contributed by atoms with van der Waals surface area (Å²) in [5, 5.41) is 0. The highest BCUT2D eigenvalue weighted by Gasteiger charge is 2.38. The molecule has 0 spiro atoms. The fourth-order valence-electron chi connectivity index (χ4n) is 3.54. The monoisotopic (exact) mass is 258 g/mol. The molecule has 1 aromatic rings. The third-order valence-electron chi connectivity index (χ3n) is 4.95. The molecule has 0 aromatic heterocycles. The fraction of sp³-hybridized carbons (Fsp3) is 0.647. The molecule has 1 saturated carbocycles. The van der Waals surface area contributed by atoms with Crippen LogP contribution in [0.25, 0.3) is 0 Å². The molecule has 0 amide bonds. The van der Waals surface area contributed by atoms with Gasteiger partial charge in [-0.25, -0.2) is 0 Å². The van der Waals surface area contributed by atoms with Crippen molar-refractivity contribution in [1.82, 2.24) is 4.90 Å². The Morgan fingerprint density at radius 1 is 1.11 bits per heavy atom. The minimum Gasteiger partial charge on any atom is -0.326 e. The van der Waals surface area contributed by atoms with Crippen molar-refractivity contribution in [3.8, 4) is 0 Å². The van der Waals surface area contributed by atoms with E-state index < -0.39 is 0 Å². The van der Waals surface area contributed by atoms with Crippen LogP contribution in [0.3, 0.4) is 0 Å². The van der Waals surface area contributed by atoms with Crippen LogP contribution in [0.5, 0.6) is 0 Å². The third-order valence-corrected chi connectivity index (χ3v) is 4.95. The zero-order valence-electron chi connectivity index (χ0n) is 12.2. The summed E-state index contributed by atoms with van der Waals surface area (Å²) in [6.45, 7) is 5.70. The van der Waals surface area contributed by atoms with Gasteiger partial charge in [0.1, 0.15) is 0 Å². The number of nitrogens with two attached hydrogens (primary N) is 1. The summed E-state index contributed by atoms with van der Waals surface area (Å²) in [4.78, 5) is 2.71. The summed E-state index contributed by atoms with van der Waals surface area (Å²) in [7, 11) is 0. The molecule has 2 heteroatoms. The van der Waals surface area contributed by atoms with E-state index in [2.05, 4.69) is 36.9 Å². The molecule has 0 bridgehead atoms. The number of hydrogen-bond donors (Lipinski definition) is 1. The van der Waals surface area contributed by atoms with E-state index in [1.807, 2.05) is 0 Å². The molecule has 2 aliphatic rings. The van der Waals surface area contributed by atoms with Crippen LogP contribution in [-0.4, -0.2) is 23.5 Å². The first-order chi connectivity index (χ1) is 9.18. The van der Waals surface area contributed by atoms with E-state index >= 15 is 0 Å². The largest absolute Gasteiger partial charge is 0.326 e. The Balaban J connectivity index is 1.99. The topological polar surface area (TPSA) is 29.3 Å². The summed E-state index contributed by atoms with van der Waals surface area (Å²) in [5.74, 6) is 0. The number of benzene rings is 1. The second-order valence-electron chi connectivity index (χ2n) is 6.36. The number of hydrogen-bond acceptors (Lipinski definition) is 2. The minimum absolute atomic E-state index is 0.295. The van der Waals surface area contributed by atoms with Crippen LogP contribution in [-0.2, 0) is 0 Å². The van der Waals surface area contributed by atoms with E-state index in [-0.39, 0.29) is 0 Å². The summed E-state index contributed by atoms with van der Waals surface area (Å²) in [6.07, 6.45) is 6.50. The van der Waals surface area contributed by atoms with Crippen LogP contribution in [0.2, 0.25) is 0 Å². The number of aryl methyl sites for hydroxylation is 1. The van der Waals surface area contributed by atoms with Crippen LogP contribution in [0.4, 0.5) is 0 Å². The smallest absolute Gasteiger partial charge is 0.0504 e. The summed E-state index contributed by atoms with van der Waals surface area (Å²) >= 11 is 0. The maximum Gasteiger partial charge on any atom is 0.0504 e. The highest BCUT2D eigenvalue weighted by atomic mass is 15.2. The average molecular weight is 258 g/mol. The van der Waals surface area contributed by atoms with Gasteiger partial charge >= 0.3 is 0 Å². The molecule has 19 heavy (non-hydrogen) atoms. The van der Waals surface area contributed by atoms with Gasteiger partial charge in [0, 0.05) is 12.1 Å². The van der Waals surface area contributed by atoms with Gasteiger partial charge in [-0.05, 0) is 62.8 Å². The van der Waals surface area contributed by atoms with Gasteiger partial charge in [0.25, 0.3) is 0 Å². The first-order valence-corrected chi connectivity index (χ1v) is 7.76. The number of likely N-dealkylation sites (tertiary alicyclic amines) is 1. The van der Waals surface area contributed by atoms with Gasteiger partial charge in [0.15, 0.2) is 0 Å². The van der Waals surface area contributed by atoms with Crippen molar-refractivity contribution < 1.29 is 0 Å². The summed E-state index contributed by atoms with van der Waals surface area (Å²) < 4.78 is 0. The Morgan fingerprint density at radius 3 is 2.63 bits per heavy atom. The zero-order valence-corrected chi connectivity index (χ0v) is 12.2. The molecule has 2 fully saturated rings. The maximum absolute atomic E-state index is 6.54. The first kappa shape index (κ1) is 13.1. The lowest BCUT2D eigenvalue weighted by Gasteiger charge is -2.35. The molecule has 2 nitrogen and oxygen atoms in total. The van der Waals surface area contributed by atoms with Gasteiger partial charge in [0.05, 0.1) is 6.04 Å². The molecule has 104 valence electrons. The van der Waals surface area contributed by atoms with Crippen LogP contribution in [0.15, 0.2) is 18.2 Å². The Hall–Kier alpha value is -0.860. The molecule has 1 aromatic carbocycles. The van der Waals surface area contributed by atoms with Crippen molar-refractivity contribution in [2.45, 2.75) is 64.1 Å². The van der Waals surface area contributed by atoms with Crippen LogP contribution in [0, 0.1) is 13.8 Å². The van der Waals surface area contributed by atoms with Crippen LogP contribution >= 0.6 is 0 Å². The zero-order chi connectivity index (χ0) is 13.4. The Bertz CT molecular complexity index is 451. The van der Waals surface area contributed by atoms with E-state index in [4.69, 9.17) is 5.73 Å². The molecule has 1 heterocycles. The first-order valence-electron chi connectivity index (χ1n) is 7.76. The molecular weight excluding hydrogens is 232 g/mol. The van der Waals surface area contributed by atoms with Gasteiger partial charge in [-0.3, -0.25) is 4.90 Å². The SMILES string of the molecule is Cc1cccc(C2C(N)CCCCN2C2CC2)c1C. The predicted octanol–water partition coefficient (Wildman–Crippen LogP) is 3.32. The molecule has 1 saturated heterocycles. The van der Waals surface area contributed by atoms with Gasteiger partial charge in [-0.2, -0.15) is 0 Å². The van der Waals surface area contributed by atoms with Crippen molar-refractivity contribution in [2.75, 3.05) is 6.54 Å². The van der Waals surface area contributed by atoms with E-state index in [1.54, 1.807) is 0 Å². The molecule has 0 radical (unpaired) electrons. The minimum atomic E-state index is 0.295. The Labute approximate surface area is 117 Å². The maximum atomic E-state index is 6.54. The Morgan fingerprint density at radius 2 is 1.89 bits per heavy atom. The molecule has 2 atom stereocenters. The van der Waals surface area contributed by atoms with E-state index in [0.717, 1.165) is 6.04 Å². The summed E-state index contributed by atoms with van der Waals surface area (Å²) in [5.41, 5.74) is 10.9. The number of nitrogens with zero attached hydrogens (tertiary/aromatic N) is 1. The molecule has 2 N–H and O–H groups in total. The number of rotatable bonds is 2. The van der Waals surface area contributed by atoms with E-state index in [1.165, 1.54) is 55.3 Å². The second-order valence-corrected chi connectivity index (χ2v) is 6.36. The standard InChI is InChI=1S/C17H26N2/c1-12-6-5-7-15(13(12)2)17-16(18)8-3-4-11-19(17)14-9-10-14/h5-7,14,16-17H,3-4,8-11,18H2,1-2H3. The molecule has 3 rings (SSSR count). The van der Waals surface area contributed by atoms with Crippen molar-refractivity contribution in [1.29, 1.82) is 0 Å². The van der Waals surface area contributed by atoms with E-state index in [0.29, 0.717) is 12.1 Å². The molecular formula is C17H26N2. The predicted molar refractivity (Wildman–Crippen MR) is 80.2 cm³/mol. The highest BCUT2D eigenvalue weighted by Crippen LogP contribution is 2.39. The van der Waals surface area contributed by atoms with Gasteiger partial charge < -0.3 is 5.73 Å². The van der Waals surface area contributed by atoms with Crippen LogP contribution < -0.4 is 5.73 Å². The van der Waals surface area contributed by atoms with Crippen molar-refractivity contribution in [2.24, 2.45) is 5.73 Å². The van der Waals surface area contributed by atoms with Crippen molar-refractivity contribution >= 4 is 0 Å². The summed E-state index contributed by atoms with van der Waals surface area (Å²) in [6, 6.07) is 8.24. The lowest BCUT2D eigenvalue weighted by atomic mass is 9.91. The Kier molecular flexibility index (Phi) is 3.64. The molecule has 1 aliphatic carbocycles. The highest BCUT2D eigenvalue weighted by molar-refractivity contribution is 5.36. The molecule has 2 unspecified atom stereocenters. The lowest BCUT2D eigenvalue weighted by molar-refractivity contribution is 0.175. The van der Waals surface area contributed by atoms with Gasteiger partial charge in [-0.1, -0.05) is 24.6 Å². The van der Waals surface area contributed by atoms with Gasteiger partial charge in [0.2, 0.25) is 0 Å². The van der Waals surface area contributed by atoms with E-state index in [9.17, 15) is 0 Å².